The summed E-state index contributed by atoms with van der Waals surface area (Å²) in [5.41, 5.74) is 1.18. The Labute approximate surface area is 116 Å². The van der Waals surface area contributed by atoms with Gasteiger partial charge in [0.25, 0.3) is 0 Å². The fourth-order valence-corrected chi connectivity index (χ4v) is 1.79. The molecule has 1 rings (SSSR count). The number of benzene rings is 1. The van der Waals surface area contributed by atoms with Crippen molar-refractivity contribution in [2.24, 2.45) is 0 Å². The molecule has 19 heavy (non-hydrogen) atoms. The molecule has 1 atom stereocenters. The van der Waals surface area contributed by atoms with Gasteiger partial charge in [-0.1, -0.05) is 6.07 Å². The smallest absolute Gasteiger partial charge is 0.161 e. The molecule has 0 bridgehead atoms. The highest BCUT2D eigenvalue weighted by Gasteiger charge is 2.06. The van der Waals surface area contributed by atoms with Crippen molar-refractivity contribution in [3.63, 3.8) is 0 Å². The van der Waals surface area contributed by atoms with Crippen LogP contribution in [0.15, 0.2) is 18.2 Å². The van der Waals surface area contributed by atoms with Crippen molar-refractivity contribution in [2.75, 3.05) is 27.4 Å². The SMILES string of the molecule is CCOc1ccc(CNC(C)CCOC)cc1OC. The fourth-order valence-electron chi connectivity index (χ4n) is 1.79. The Morgan fingerprint density at radius 3 is 2.63 bits per heavy atom. The first kappa shape index (κ1) is 15.8. The van der Waals surface area contributed by atoms with Crippen LogP contribution in [0.25, 0.3) is 0 Å². The zero-order chi connectivity index (χ0) is 14.1. The average Bonchev–Trinajstić information content (AvgIpc) is 2.44. The van der Waals surface area contributed by atoms with Crippen LogP contribution in [0.1, 0.15) is 25.8 Å². The number of nitrogens with one attached hydrogen (secondary N) is 1. The first-order chi connectivity index (χ1) is 9.21. The average molecular weight is 267 g/mol. The third kappa shape index (κ3) is 5.49. The molecule has 0 fully saturated rings. The number of methoxy groups -OCH3 is 2. The van der Waals surface area contributed by atoms with Gasteiger partial charge in [-0.2, -0.15) is 0 Å². The predicted octanol–water partition coefficient (Wildman–Crippen LogP) is 2.61. The van der Waals surface area contributed by atoms with Gasteiger partial charge < -0.3 is 19.5 Å². The van der Waals surface area contributed by atoms with E-state index in [1.807, 2.05) is 19.1 Å². The number of ether oxygens (including phenoxy) is 3. The molecule has 1 N–H and O–H groups in total. The lowest BCUT2D eigenvalue weighted by Gasteiger charge is -2.15. The highest BCUT2D eigenvalue weighted by Crippen LogP contribution is 2.27. The van der Waals surface area contributed by atoms with E-state index in [2.05, 4.69) is 18.3 Å². The highest BCUT2D eigenvalue weighted by atomic mass is 16.5. The van der Waals surface area contributed by atoms with Gasteiger partial charge >= 0.3 is 0 Å². The molecule has 0 aliphatic rings. The topological polar surface area (TPSA) is 39.7 Å². The molecule has 0 amide bonds. The van der Waals surface area contributed by atoms with Crippen molar-refractivity contribution in [1.29, 1.82) is 0 Å². The second-order valence-electron chi connectivity index (χ2n) is 4.48. The van der Waals surface area contributed by atoms with Crippen molar-refractivity contribution in [2.45, 2.75) is 32.9 Å². The molecule has 4 nitrogen and oxygen atoms in total. The van der Waals surface area contributed by atoms with Gasteiger partial charge in [0.15, 0.2) is 11.5 Å². The van der Waals surface area contributed by atoms with Gasteiger partial charge in [0.2, 0.25) is 0 Å². The molecule has 108 valence electrons. The number of hydrogen-bond acceptors (Lipinski definition) is 4. The van der Waals surface area contributed by atoms with E-state index in [1.165, 1.54) is 5.56 Å². The molecule has 0 aliphatic heterocycles. The Kier molecular flexibility index (Phi) is 7.30. The van der Waals surface area contributed by atoms with Crippen molar-refractivity contribution in [1.82, 2.24) is 5.32 Å². The molecule has 0 aromatic heterocycles. The van der Waals surface area contributed by atoms with E-state index in [-0.39, 0.29) is 0 Å². The third-order valence-corrected chi connectivity index (χ3v) is 2.94. The summed E-state index contributed by atoms with van der Waals surface area (Å²) in [6.07, 6.45) is 1.00. The van der Waals surface area contributed by atoms with E-state index in [0.717, 1.165) is 31.1 Å². The second kappa shape index (κ2) is 8.77. The number of rotatable bonds is 9. The molecule has 0 saturated carbocycles. The van der Waals surface area contributed by atoms with E-state index in [1.54, 1.807) is 14.2 Å². The summed E-state index contributed by atoms with van der Waals surface area (Å²) in [5, 5.41) is 3.46. The summed E-state index contributed by atoms with van der Waals surface area (Å²) in [6, 6.07) is 6.46. The molecule has 0 saturated heterocycles. The molecular weight excluding hydrogens is 242 g/mol. The van der Waals surface area contributed by atoms with Gasteiger partial charge in [-0.3, -0.25) is 0 Å². The van der Waals surface area contributed by atoms with Gasteiger partial charge in [-0.15, -0.1) is 0 Å². The zero-order valence-electron chi connectivity index (χ0n) is 12.4. The monoisotopic (exact) mass is 267 g/mol. The summed E-state index contributed by atoms with van der Waals surface area (Å²) in [5.74, 6) is 1.58. The van der Waals surface area contributed by atoms with Gasteiger partial charge in [-0.05, 0) is 38.0 Å². The highest BCUT2D eigenvalue weighted by molar-refractivity contribution is 5.42. The lowest BCUT2D eigenvalue weighted by atomic mass is 10.1. The van der Waals surface area contributed by atoms with Crippen LogP contribution in [-0.4, -0.2) is 33.5 Å². The van der Waals surface area contributed by atoms with E-state index in [4.69, 9.17) is 14.2 Å². The maximum absolute atomic E-state index is 5.50. The van der Waals surface area contributed by atoms with Crippen LogP contribution < -0.4 is 14.8 Å². The first-order valence-electron chi connectivity index (χ1n) is 6.73. The van der Waals surface area contributed by atoms with Crippen LogP contribution in [0.5, 0.6) is 11.5 Å². The summed E-state index contributed by atoms with van der Waals surface area (Å²) in [4.78, 5) is 0. The molecule has 0 spiro atoms. The maximum atomic E-state index is 5.50. The summed E-state index contributed by atoms with van der Waals surface area (Å²) in [7, 11) is 3.39. The van der Waals surface area contributed by atoms with Gasteiger partial charge in [0.05, 0.1) is 13.7 Å². The van der Waals surface area contributed by atoms with Gasteiger partial charge in [0, 0.05) is 26.3 Å². The second-order valence-corrected chi connectivity index (χ2v) is 4.48. The minimum atomic E-state index is 0.428. The van der Waals surface area contributed by atoms with Crippen LogP contribution in [0.2, 0.25) is 0 Å². The van der Waals surface area contributed by atoms with E-state index in [0.29, 0.717) is 12.6 Å². The van der Waals surface area contributed by atoms with Crippen molar-refractivity contribution >= 4 is 0 Å². The summed E-state index contributed by atoms with van der Waals surface area (Å²) < 4.78 is 15.9. The lowest BCUT2D eigenvalue weighted by Crippen LogP contribution is -2.26. The van der Waals surface area contributed by atoms with Crippen molar-refractivity contribution in [3.05, 3.63) is 23.8 Å². The summed E-state index contributed by atoms with van der Waals surface area (Å²) in [6.45, 7) is 6.35. The molecule has 1 unspecified atom stereocenters. The standard InChI is InChI=1S/C15H25NO3/c1-5-19-14-7-6-13(10-15(14)18-4)11-16-12(2)8-9-17-3/h6-7,10,12,16H,5,8-9,11H2,1-4H3. The normalized spacial score (nSPS) is 12.2. The van der Waals surface area contributed by atoms with Crippen LogP contribution in [0, 0.1) is 0 Å². The molecule has 0 radical (unpaired) electrons. The number of hydrogen-bond donors (Lipinski definition) is 1. The van der Waals surface area contributed by atoms with E-state index in [9.17, 15) is 0 Å². The van der Waals surface area contributed by atoms with Crippen molar-refractivity contribution in [3.8, 4) is 11.5 Å². The van der Waals surface area contributed by atoms with Crippen molar-refractivity contribution < 1.29 is 14.2 Å². The maximum Gasteiger partial charge on any atom is 0.161 e. The van der Waals surface area contributed by atoms with Crippen LogP contribution in [0.4, 0.5) is 0 Å². The Morgan fingerprint density at radius 1 is 1.21 bits per heavy atom. The van der Waals surface area contributed by atoms with Gasteiger partial charge in [0.1, 0.15) is 0 Å². The molecule has 1 aromatic rings. The predicted molar refractivity (Wildman–Crippen MR) is 77.0 cm³/mol. The molecule has 0 heterocycles. The van der Waals surface area contributed by atoms with E-state index < -0.39 is 0 Å². The molecule has 0 aliphatic carbocycles. The van der Waals surface area contributed by atoms with Crippen LogP contribution in [0.3, 0.4) is 0 Å². The Bertz CT molecular complexity index is 368. The first-order valence-corrected chi connectivity index (χ1v) is 6.73. The zero-order valence-corrected chi connectivity index (χ0v) is 12.4. The summed E-state index contributed by atoms with van der Waals surface area (Å²) >= 11 is 0. The Hall–Kier alpha value is -1.26. The molecule has 4 heteroatoms. The Balaban J connectivity index is 2.54. The fraction of sp³-hybridized carbons (Fsp3) is 0.600. The van der Waals surface area contributed by atoms with Crippen LogP contribution in [-0.2, 0) is 11.3 Å². The minimum absolute atomic E-state index is 0.428. The lowest BCUT2D eigenvalue weighted by molar-refractivity contribution is 0.184. The molecule has 1 aromatic carbocycles. The molecular formula is C15H25NO3. The Morgan fingerprint density at radius 2 is 2.00 bits per heavy atom. The quantitative estimate of drug-likeness (QED) is 0.746. The van der Waals surface area contributed by atoms with Gasteiger partial charge in [-0.25, -0.2) is 0 Å². The largest absolute Gasteiger partial charge is 0.493 e. The minimum Gasteiger partial charge on any atom is -0.493 e. The third-order valence-electron chi connectivity index (χ3n) is 2.94. The van der Waals surface area contributed by atoms with Crippen LogP contribution >= 0.6 is 0 Å². The van der Waals surface area contributed by atoms with E-state index >= 15 is 0 Å².